The summed E-state index contributed by atoms with van der Waals surface area (Å²) in [7, 11) is 0. The van der Waals surface area contributed by atoms with Crippen LogP contribution in [0.1, 0.15) is 23.4 Å². The molecule has 0 amide bonds. The van der Waals surface area contributed by atoms with Gasteiger partial charge in [0.15, 0.2) is 0 Å². The molecule has 0 fully saturated rings. The minimum atomic E-state index is -0.215. The lowest BCUT2D eigenvalue weighted by Crippen LogP contribution is -2.23. The van der Waals surface area contributed by atoms with Gasteiger partial charge in [-0.15, -0.1) is 0 Å². The summed E-state index contributed by atoms with van der Waals surface area (Å²) in [5, 5.41) is 0. The van der Waals surface area contributed by atoms with E-state index in [9.17, 15) is 4.39 Å². The Balaban J connectivity index is 1.66. The molecule has 2 aromatic heterocycles. The molecule has 0 spiro atoms. The highest BCUT2D eigenvalue weighted by Gasteiger charge is 2.22. The second-order valence-corrected chi connectivity index (χ2v) is 5.97. The van der Waals surface area contributed by atoms with Gasteiger partial charge in [-0.05, 0) is 43.2 Å². The molecule has 0 saturated heterocycles. The minimum Gasteiger partial charge on any atom is -0.438 e. The number of rotatable bonds is 2. The maximum absolute atomic E-state index is 13.7. The first kappa shape index (κ1) is 14.8. The minimum absolute atomic E-state index is 0.215. The molecule has 1 aromatic carbocycles. The van der Waals surface area contributed by atoms with Crippen molar-refractivity contribution in [2.24, 2.45) is 0 Å². The van der Waals surface area contributed by atoms with E-state index in [-0.39, 0.29) is 5.82 Å². The van der Waals surface area contributed by atoms with Crippen LogP contribution < -0.4 is 4.90 Å². The number of aromatic nitrogens is 3. The lowest BCUT2D eigenvalue weighted by atomic mass is 10.2. The van der Waals surface area contributed by atoms with Gasteiger partial charge in [0.05, 0.1) is 6.54 Å². The second-order valence-electron chi connectivity index (χ2n) is 5.97. The van der Waals surface area contributed by atoms with Crippen LogP contribution in [0.25, 0.3) is 11.7 Å². The first-order chi connectivity index (χ1) is 11.7. The highest BCUT2D eigenvalue weighted by molar-refractivity contribution is 5.50. The molecule has 3 heterocycles. The molecule has 4 rings (SSSR count). The van der Waals surface area contributed by atoms with Crippen LogP contribution in [0.3, 0.4) is 0 Å². The van der Waals surface area contributed by atoms with Gasteiger partial charge in [-0.2, -0.15) is 0 Å². The molecule has 0 radical (unpaired) electrons. The number of nitrogens with zero attached hydrogens (tertiary/aromatic N) is 4. The van der Waals surface area contributed by atoms with Crippen molar-refractivity contribution in [1.29, 1.82) is 0 Å². The third kappa shape index (κ3) is 2.87. The molecule has 0 bridgehead atoms. The number of hydrogen-bond donors (Lipinski definition) is 0. The number of fused-ring (bicyclic) bond motifs is 1. The normalized spacial score (nSPS) is 14.3. The zero-order chi connectivity index (χ0) is 16.5. The van der Waals surface area contributed by atoms with Gasteiger partial charge in [0.1, 0.15) is 17.3 Å². The highest BCUT2D eigenvalue weighted by atomic mass is 19.1. The lowest BCUT2D eigenvalue weighted by molar-refractivity contribution is 0.509. The van der Waals surface area contributed by atoms with Crippen molar-refractivity contribution in [3.8, 4) is 11.7 Å². The molecule has 1 aliphatic heterocycles. The number of oxazole rings is 1. The Bertz CT molecular complexity index is 842. The summed E-state index contributed by atoms with van der Waals surface area (Å²) in [6.07, 6.45) is 5.06. The van der Waals surface area contributed by atoms with Gasteiger partial charge in [-0.25, -0.2) is 19.3 Å². The summed E-state index contributed by atoms with van der Waals surface area (Å²) >= 11 is 0. The number of anilines is 1. The van der Waals surface area contributed by atoms with Crippen LogP contribution in [0.2, 0.25) is 0 Å². The maximum atomic E-state index is 13.7. The molecule has 6 heteroatoms. The van der Waals surface area contributed by atoms with E-state index < -0.39 is 0 Å². The van der Waals surface area contributed by atoms with Crippen LogP contribution in [0.5, 0.6) is 0 Å². The fraction of sp³-hybridized carbons (Fsp3) is 0.278. The molecule has 1 aliphatic rings. The van der Waals surface area contributed by atoms with Crippen molar-refractivity contribution >= 4 is 5.69 Å². The van der Waals surface area contributed by atoms with E-state index in [0.717, 1.165) is 42.1 Å². The largest absolute Gasteiger partial charge is 0.438 e. The number of halogens is 1. The second kappa shape index (κ2) is 6.03. The summed E-state index contributed by atoms with van der Waals surface area (Å²) in [5.41, 5.74) is 2.66. The van der Waals surface area contributed by atoms with E-state index in [1.807, 2.05) is 13.0 Å². The van der Waals surface area contributed by atoms with Crippen LogP contribution >= 0.6 is 0 Å². The molecule has 5 nitrogen and oxygen atoms in total. The SMILES string of the molecule is Cc1cc(F)cc(N2CCCc3oc(-c4ncccn4)nc3C2)c1. The van der Waals surface area contributed by atoms with Crippen molar-refractivity contribution in [3.05, 3.63) is 59.5 Å². The summed E-state index contributed by atoms with van der Waals surface area (Å²) in [6, 6.07) is 6.85. The van der Waals surface area contributed by atoms with Gasteiger partial charge in [-0.1, -0.05) is 0 Å². The smallest absolute Gasteiger partial charge is 0.265 e. The summed E-state index contributed by atoms with van der Waals surface area (Å²) in [5.74, 6) is 1.58. The molecule has 3 aromatic rings. The Labute approximate surface area is 139 Å². The van der Waals surface area contributed by atoms with Gasteiger partial charge in [0.2, 0.25) is 5.82 Å². The van der Waals surface area contributed by atoms with Crippen molar-refractivity contribution in [2.45, 2.75) is 26.3 Å². The van der Waals surface area contributed by atoms with Crippen LogP contribution in [-0.2, 0) is 13.0 Å². The number of hydrogen-bond acceptors (Lipinski definition) is 5. The standard InChI is InChI=1S/C18H17FN4O/c1-12-8-13(19)10-14(9-12)23-7-2-4-16-15(11-23)22-18(24-16)17-20-5-3-6-21-17/h3,5-6,8-10H,2,4,7,11H2,1H3. The number of benzene rings is 1. The van der Waals surface area contributed by atoms with E-state index in [1.165, 1.54) is 6.07 Å². The Hall–Kier alpha value is -2.76. The van der Waals surface area contributed by atoms with Crippen molar-refractivity contribution < 1.29 is 8.81 Å². The molecule has 0 N–H and O–H groups in total. The Morgan fingerprint density at radius 1 is 1.17 bits per heavy atom. The predicted octanol–water partition coefficient (Wildman–Crippen LogP) is 3.53. The van der Waals surface area contributed by atoms with E-state index in [4.69, 9.17) is 4.42 Å². The molecule has 24 heavy (non-hydrogen) atoms. The zero-order valence-corrected chi connectivity index (χ0v) is 13.4. The van der Waals surface area contributed by atoms with E-state index in [1.54, 1.807) is 24.5 Å². The summed E-state index contributed by atoms with van der Waals surface area (Å²) in [4.78, 5) is 15.1. The maximum Gasteiger partial charge on any atom is 0.265 e. The van der Waals surface area contributed by atoms with Crippen LogP contribution in [-0.4, -0.2) is 21.5 Å². The Morgan fingerprint density at radius 2 is 2.00 bits per heavy atom. The fourth-order valence-electron chi connectivity index (χ4n) is 3.02. The average molecular weight is 324 g/mol. The first-order valence-corrected chi connectivity index (χ1v) is 7.97. The molecular formula is C18H17FN4O. The molecule has 0 atom stereocenters. The molecule has 0 unspecified atom stereocenters. The highest BCUT2D eigenvalue weighted by Crippen LogP contribution is 2.27. The van der Waals surface area contributed by atoms with Gasteiger partial charge >= 0.3 is 0 Å². The summed E-state index contributed by atoms with van der Waals surface area (Å²) in [6.45, 7) is 3.33. The van der Waals surface area contributed by atoms with E-state index >= 15 is 0 Å². The van der Waals surface area contributed by atoms with Crippen molar-refractivity contribution in [3.63, 3.8) is 0 Å². The molecule has 0 aliphatic carbocycles. The van der Waals surface area contributed by atoms with Crippen molar-refractivity contribution in [1.82, 2.24) is 15.0 Å². The first-order valence-electron chi connectivity index (χ1n) is 7.97. The lowest BCUT2D eigenvalue weighted by Gasteiger charge is -2.22. The van der Waals surface area contributed by atoms with Crippen LogP contribution in [0.4, 0.5) is 10.1 Å². The third-order valence-electron chi connectivity index (χ3n) is 4.10. The summed E-state index contributed by atoms with van der Waals surface area (Å²) < 4.78 is 19.6. The van der Waals surface area contributed by atoms with E-state index in [2.05, 4.69) is 19.9 Å². The third-order valence-corrected chi connectivity index (χ3v) is 4.10. The molecular weight excluding hydrogens is 307 g/mol. The van der Waals surface area contributed by atoms with Crippen LogP contribution in [0.15, 0.2) is 41.1 Å². The van der Waals surface area contributed by atoms with Crippen LogP contribution in [0, 0.1) is 12.7 Å². The predicted molar refractivity (Wildman–Crippen MR) is 88.0 cm³/mol. The van der Waals surface area contributed by atoms with Crippen molar-refractivity contribution in [2.75, 3.05) is 11.4 Å². The van der Waals surface area contributed by atoms with Gasteiger partial charge in [-0.3, -0.25) is 0 Å². The molecule has 122 valence electrons. The molecule has 0 saturated carbocycles. The monoisotopic (exact) mass is 324 g/mol. The quantitative estimate of drug-likeness (QED) is 0.722. The Morgan fingerprint density at radius 3 is 2.79 bits per heavy atom. The van der Waals surface area contributed by atoms with E-state index in [0.29, 0.717) is 18.3 Å². The Kier molecular flexibility index (Phi) is 3.72. The van der Waals surface area contributed by atoms with Gasteiger partial charge < -0.3 is 9.32 Å². The topological polar surface area (TPSA) is 55.1 Å². The average Bonchev–Trinajstić information content (AvgIpc) is 2.86. The van der Waals surface area contributed by atoms with Gasteiger partial charge in [0, 0.05) is 31.0 Å². The fourth-order valence-corrected chi connectivity index (χ4v) is 3.02. The van der Waals surface area contributed by atoms with Gasteiger partial charge in [0.25, 0.3) is 5.89 Å². The number of aryl methyl sites for hydroxylation is 2. The zero-order valence-electron chi connectivity index (χ0n) is 13.4.